The zero-order chi connectivity index (χ0) is 70.6. The van der Waals surface area contributed by atoms with Gasteiger partial charge in [-0.25, -0.2) is 19.9 Å². The minimum Gasteiger partial charge on any atom is -0.456 e. The highest BCUT2D eigenvalue weighted by atomic mass is 16.3. The maximum absolute atomic E-state index is 5.95. The molecule has 17 rings (SSSR count). The molecule has 94 heavy (non-hydrogen) atoms. The first-order valence-electron chi connectivity index (χ1n) is 34.6. The van der Waals surface area contributed by atoms with Crippen LogP contribution in [0.3, 0.4) is 0 Å². The maximum atomic E-state index is 5.95. The Morgan fingerprint density at radius 1 is 0.319 bits per heavy atom. The van der Waals surface area contributed by atoms with Gasteiger partial charge in [0.1, 0.15) is 64.7 Å². The summed E-state index contributed by atoms with van der Waals surface area (Å²) in [6, 6.07) is 19.9. The molecular formula is C72H112N21O+5. The average molecular weight is 1290 g/mol. The first kappa shape index (κ1) is 80.5. The van der Waals surface area contributed by atoms with Crippen LogP contribution in [0.4, 0.5) is 0 Å². The number of hydrogen-bond donors (Lipinski definition) is 0. The molecule has 0 amide bonds. The van der Waals surface area contributed by atoms with Crippen LogP contribution in [-0.2, 0) is 0 Å². The fraction of sp³-hybridized carbons (Fsp3) is 0.444. The first-order chi connectivity index (χ1) is 46.3. The lowest BCUT2D eigenvalue weighted by molar-refractivity contribution is -0.775. The van der Waals surface area contributed by atoms with Gasteiger partial charge in [-0.3, -0.25) is 9.97 Å². The Balaban J connectivity index is 0.000000375. The third-order valence-electron chi connectivity index (χ3n) is 13.9. The summed E-state index contributed by atoms with van der Waals surface area (Å²) in [5, 5.41) is 23.6. The summed E-state index contributed by atoms with van der Waals surface area (Å²) in [4.78, 5) is 34.2. The van der Waals surface area contributed by atoms with Crippen molar-refractivity contribution >= 4 is 21.9 Å². The van der Waals surface area contributed by atoms with Gasteiger partial charge in [0.2, 0.25) is 36.8 Å². The van der Waals surface area contributed by atoms with E-state index in [2.05, 4.69) is 122 Å². The predicted molar refractivity (Wildman–Crippen MR) is 377 cm³/mol. The van der Waals surface area contributed by atoms with Crippen LogP contribution >= 0.6 is 0 Å². The minimum atomic E-state index is 0.250. The predicted octanol–water partition coefficient (Wildman–Crippen LogP) is 15.0. The van der Waals surface area contributed by atoms with Crippen molar-refractivity contribution in [2.75, 3.05) is 0 Å². The lowest BCUT2D eigenvalue weighted by Gasteiger charge is -1.99. The van der Waals surface area contributed by atoms with Crippen molar-refractivity contribution in [1.82, 2.24) is 79.4 Å². The van der Waals surface area contributed by atoms with Crippen LogP contribution < -0.4 is 23.4 Å². The van der Waals surface area contributed by atoms with Crippen LogP contribution in [-0.4, -0.2) is 79.4 Å². The molecule has 15 heterocycles. The van der Waals surface area contributed by atoms with Crippen molar-refractivity contribution in [2.24, 2.45) is 0 Å². The lowest BCUT2D eigenvalue weighted by atomic mass is 10.0. The van der Waals surface area contributed by atoms with Crippen LogP contribution in [0, 0.1) is 0 Å². The summed E-state index contributed by atoms with van der Waals surface area (Å²) in [7, 11) is 0. The van der Waals surface area contributed by atoms with Gasteiger partial charge in [0.05, 0.1) is 11.8 Å². The normalized spacial score (nSPS) is 14.4. The SMILES string of the molecule is CC.CC.CC.CC.CC.CC.CC.CC.CC.CC.CC.CC1c2cc3c(cc2-n2ncc[n+]21)oc1ccccc13.CC1c2cnccc2-n2ncc[n+]21.CC1c2cncnc2-n2ncc[n+]21.CC1c2ncccc2-n2ncc[n+]21.CC1c2ncncc2-n2ncc[n+]21. The summed E-state index contributed by atoms with van der Waals surface area (Å²) < 4.78 is 16.3. The summed E-state index contributed by atoms with van der Waals surface area (Å²) in [5.41, 5.74) is 11.9. The topological polar surface area (TPSA) is 199 Å². The average Bonchev–Trinajstić information content (AvgIpc) is 1.60. The summed E-state index contributed by atoms with van der Waals surface area (Å²) in [5.74, 6) is 0.882. The monoisotopic (exact) mass is 1290 g/mol. The molecule has 506 valence electrons. The molecule has 0 bridgehead atoms. The highest BCUT2D eigenvalue weighted by molar-refractivity contribution is 6.05. The molecule has 10 aromatic heterocycles. The summed E-state index contributed by atoms with van der Waals surface area (Å²) >= 11 is 0. The number of rotatable bonds is 0. The van der Waals surface area contributed by atoms with E-state index in [0.29, 0.717) is 18.1 Å². The molecule has 0 fully saturated rings. The number of hydrogen-bond acceptors (Lipinski definition) is 12. The smallest absolute Gasteiger partial charge is 0.227 e. The number of furan rings is 1. The molecule has 12 aromatic rings. The molecule has 22 heteroatoms. The maximum Gasteiger partial charge on any atom is 0.227 e. The second kappa shape index (κ2) is 42.5. The van der Waals surface area contributed by atoms with Crippen LogP contribution in [0.15, 0.2) is 165 Å². The van der Waals surface area contributed by atoms with E-state index in [1.807, 2.05) is 273 Å². The summed E-state index contributed by atoms with van der Waals surface area (Å²) in [6.07, 6.45) is 31.0. The highest BCUT2D eigenvalue weighted by Gasteiger charge is 2.36. The molecule has 0 radical (unpaired) electrons. The third-order valence-corrected chi connectivity index (χ3v) is 13.9. The molecule has 0 N–H and O–H groups in total. The molecule has 5 unspecified atom stereocenters. The van der Waals surface area contributed by atoms with Gasteiger partial charge in [0, 0.05) is 83.0 Å². The third kappa shape index (κ3) is 17.0. The first-order valence-corrected chi connectivity index (χ1v) is 34.6. The van der Waals surface area contributed by atoms with Gasteiger partial charge in [0.25, 0.3) is 0 Å². The van der Waals surface area contributed by atoms with Crippen molar-refractivity contribution in [2.45, 2.75) is 217 Å². The Morgan fingerprint density at radius 3 is 1.31 bits per heavy atom. The van der Waals surface area contributed by atoms with Crippen LogP contribution in [0.2, 0.25) is 0 Å². The van der Waals surface area contributed by atoms with Crippen molar-refractivity contribution in [3.05, 3.63) is 188 Å². The van der Waals surface area contributed by atoms with Crippen molar-refractivity contribution in [3.8, 4) is 28.6 Å². The van der Waals surface area contributed by atoms with Crippen molar-refractivity contribution in [1.29, 1.82) is 0 Å². The number of nitrogens with zero attached hydrogens (tertiary/aromatic N) is 21. The molecule has 5 atom stereocenters. The molecule has 22 nitrogen and oxygen atoms in total. The van der Waals surface area contributed by atoms with Gasteiger partial charge in [-0.05, 0) is 84.1 Å². The number of fused-ring (bicyclic) bond motifs is 18. The van der Waals surface area contributed by atoms with E-state index in [1.165, 1.54) is 21.9 Å². The van der Waals surface area contributed by atoms with E-state index in [4.69, 9.17) is 4.42 Å². The van der Waals surface area contributed by atoms with Gasteiger partial charge >= 0.3 is 0 Å². The minimum absolute atomic E-state index is 0.250. The number of aromatic nitrogens is 21. The number of para-hydroxylation sites is 1. The van der Waals surface area contributed by atoms with Gasteiger partial charge in [0.15, 0.2) is 54.4 Å². The molecule has 2 aromatic carbocycles. The van der Waals surface area contributed by atoms with E-state index in [9.17, 15) is 0 Å². The largest absolute Gasteiger partial charge is 0.456 e. The fourth-order valence-corrected chi connectivity index (χ4v) is 10.2. The Hall–Kier alpha value is -9.60. The molecule has 0 aliphatic carbocycles. The number of pyridine rings is 2. The Labute approximate surface area is 560 Å². The van der Waals surface area contributed by atoms with Gasteiger partial charge in [-0.1, -0.05) is 171 Å². The van der Waals surface area contributed by atoms with Gasteiger partial charge in [-0.15, -0.1) is 23.4 Å². The second-order valence-corrected chi connectivity index (χ2v) is 17.7. The van der Waals surface area contributed by atoms with E-state index >= 15 is 0 Å². The van der Waals surface area contributed by atoms with E-state index in [-0.39, 0.29) is 12.1 Å². The zero-order valence-electron chi connectivity index (χ0n) is 61.7. The Morgan fingerprint density at radius 2 is 0.745 bits per heavy atom. The molecule has 0 saturated heterocycles. The Bertz CT molecular complexity index is 3650. The zero-order valence-corrected chi connectivity index (χ0v) is 61.7. The van der Waals surface area contributed by atoms with E-state index in [1.54, 1.807) is 54.6 Å². The highest BCUT2D eigenvalue weighted by Crippen LogP contribution is 2.36. The second-order valence-electron chi connectivity index (χ2n) is 17.7. The molecule has 5 aliphatic rings. The summed E-state index contributed by atoms with van der Waals surface area (Å²) in [6.45, 7) is 54.7. The number of benzene rings is 2. The van der Waals surface area contributed by atoms with Crippen molar-refractivity contribution < 1.29 is 27.8 Å². The molecular weight excluding hydrogens is 1170 g/mol. The molecule has 0 spiro atoms. The van der Waals surface area contributed by atoms with Gasteiger partial charge in [-0.2, -0.15) is 0 Å². The van der Waals surface area contributed by atoms with Crippen LogP contribution in [0.25, 0.3) is 50.5 Å². The van der Waals surface area contributed by atoms with E-state index < -0.39 is 0 Å². The Kier molecular flexibility index (Phi) is 36.4. The lowest BCUT2D eigenvalue weighted by Crippen LogP contribution is -2.40. The molecule has 0 saturated carbocycles. The van der Waals surface area contributed by atoms with Crippen LogP contribution in [0.5, 0.6) is 0 Å². The van der Waals surface area contributed by atoms with Crippen LogP contribution in [0.1, 0.15) is 245 Å². The standard InChI is InChI=1S/C16H12N3O.2C9H9N4.2C8H8N5.11C2H6/c1-10-12-8-13-11-4-2-3-5-15(11)20-16(13)9-14(12)19-17-6-7-18(10)19;1-7-8-6-10-3-2-9(8)13-11-4-5-12(7)13;1-7-9-8(3-2-4-10-9)13-11-5-6-12(7)13;1-6-8-7(4-9-5-10-8)13-11-2-3-12(6)13;1-6-7-4-9-5-10-8(7)13-11-2-3-12(6)13;11*1-2/h2-10H,1H3;2*2-7H,1H3;2*2-6H,1H3;11*1-2H3/q5*+1;;;;;;;;;;;. The van der Waals surface area contributed by atoms with E-state index in [0.717, 1.165) is 56.7 Å². The quantitative estimate of drug-likeness (QED) is 0.130. The molecule has 5 aliphatic heterocycles. The fourth-order valence-electron chi connectivity index (χ4n) is 10.2. The van der Waals surface area contributed by atoms with Gasteiger partial charge < -0.3 is 4.42 Å². The van der Waals surface area contributed by atoms with Crippen molar-refractivity contribution in [3.63, 3.8) is 0 Å².